The lowest BCUT2D eigenvalue weighted by Gasteiger charge is -2.16. The van der Waals surface area contributed by atoms with Crippen molar-refractivity contribution in [2.75, 3.05) is 45.9 Å². The van der Waals surface area contributed by atoms with Crippen LogP contribution in [0.5, 0.6) is 17.2 Å². The Bertz CT molecular complexity index is 903. The lowest BCUT2D eigenvalue weighted by Crippen LogP contribution is -2.41. The number of benzene rings is 2. The topological polar surface area (TPSA) is 98.4 Å². The fraction of sp³-hybridized carbons (Fsp3) is 0.364. The number of ether oxygens (including phenoxy) is 4. The molecule has 9 heteroatoms. The second kappa shape index (κ2) is 10.4. The predicted octanol–water partition coefficient (Wildman–Crippen LogP) is 2.58. The van der Waals surface area contributed by atoms with Gasteiger partial charge in [0.2, 0.25) is 0 Å². The number of amides is 3. The Hall–Kier alpha value is -3.62. The first-order valence-corrected chi connectivity index (χ1v) is 9.89. The van der Waals surface area contributed by atoms with Crippen LogP contribution in [-0.4, -0.2) is 59.2 Å². The van der Waals surface area contributed by atoms with E-state index in [0.717, 1.165) is 11.3 Å². The molecule has 1 saturated heterocycles. The third kappa shape index (κ3) is 5.71. The fourth-order valence-corrected chi connectivity index (χ4v) is 3.21. The predicted molar refractivity (Wildman–Crippen MR) is 115 cm³/mol. The molecule has 0 unspecified atom stereocenters. The van der Waals surface area contributed by atoms with E-state index in [4.69, 9.17) is 18.9 Å². The highest BCUT2D eigenvalue weighted by Gasteiger charge is 2.33. The summed E-state index contributed by atoms with van der Waals surface area (Å²) < 4.78 is 21.0. The molecule has 0 bridgehead atoms. The van der Waals surface area contributed by atoms with Crippen molar-refractivity contribution in [1.82, 2.24) is 10.6 Å². The van der Waals surface area contributed by atoms with Crippen LogP contribution >= 0.6 is 0 Å². The summed E-state index contributed by atoms with van der Waals surface area (Å²) in [5.41, 5.74) is 1.73. The summed E-state index contributed by atoms with van der Waals surface area (Å²) in [4.78, 5) is 25.8. The molecule has 2 aromatic rings. The van der Waals surface area contributed by atoms with Crippen molar-refractivity contribution < 1.29 is 28.5 Å². The summed E-state index contributed by atoms with van der Waals surface area (Å²) in [5.74, 6) is 1.89. The second-order valence-electron chi connectivity index (χ2n) is 6.89. The Balaban J connectivity index is 1.43. The number of carbonyl (C=O) groups is 2. The Morgan fingerprint density at radius 1 is 1.03 bits per heavy atom. The quantitative estimate of drug-likeness (QED) is 0.636. The van der Waals surface area contributed by atoms with Gasteiger partial charge in [0.05, 0.1) is 40.1 Å². The number of hydrogen-bond donors (Lipinski definition) is 2. The number of methoxy groups -OCH3 is 3. The number of hydrogen-bond acceptors (Lipinski definition) is 6. The minimum atomic E-state index is -0.473. The summed E-state index contributed by atoms with van der Waals surface area (Å²) in [6, 6.07) is 12.6. The van der Waals surface area contributed by atoms with E-state index >= 15 is 0 Å². The minimum absolute atomic E-state index is 0.212. The maximum absolute atomic E-state index is 12.3. The van der Waals surface area contributed by atoms with E-state index < -0.39 is 12.2 Å². The third-order valence-corrected chi connectivity index (χ3v) is 4.90. The van der Waals surface area contributed by atoms with Gasteiger partial charge in [-0.15, -0.1) is 0 Å². The van der Waals surface area contributed by atoms with Crippen LogP contribution in [0.4, 0.5) is 15.3 Å². The molecule has 166 valence electrons. The highest BCUT2D eigenvalue weighted by Crippen LogP contribution is 2.33. The lowest BCUT2D eigenvalue weighted by atomic mass is 10.1. The van der Waals surface area contributed by atoms with Crippen LogP contribution in [0, 0.1) is 0 Å². The van der Waals surface area contributed by atoms with Gasteiger partial charge in [0, 0.05) is 12.6 Å². The number of anilines is 1. The van der Waals surface area contributed by atoms with Gasteiger partial charge in [0.15, 0.2) is 11.5 Å². The van der Waals surface area contributed by atoms with Crippen molar-refractivity contribution in [3.8, 4) is 17.2 Å². The average Bonchev–Trinajstić information content (AvgIpc) is 3.18. The molecule has 2 N–H and O–H groups in total. The summed E-state index contributed by atoms with van der Waals surface area (Å²) in [7, 11) is 4.70. The van der Waals surface area contributed by atoms with Gasteiger partial charge >= 0.3 is 12.1 Å². The van der Waals surface area contributed by atoms with Crippen molar-refractivity contribution in [2.24, 2.45) is 0 Å². The molecule has 0 saturated carbocycles. The van der Waals surface area contributed by atoms with Gasteiger partial charge in [-0.1, -0.05) is 12.1 Å². The van der Waals surface area contributed by atoms with Crippen molar-refractivity contribution >= 4 is 17.8 Å². The van der Waals surface area contributed by atoms with Crippen molar-refractivity contribution in [2.45, 2.75) is 12.5 Å². The van der Waals surface area contributed by atoms with E-state index in [0.29, 0.717) is 36.7 Å². The molecule has 0 aliphatic carbocycles. The SMILES string of the molecule is COc1ccc(CCNC(=O)NC[C@H]2CN(c3ccc(OC)c(OC)c3)C(=O)O2)cc1. The van der Waals surface area contributed by atoms with Crippen LogP contribution in [0.25, 0.3) is 0 Å². The molecule has 1 atom stereocenters. The summed E-state index contributed by atoms with van der Waals surface area (Å²) in [6.45, 7) is 1.02. The Labute approximate surface area is 181 Å². The summed E-state index contributed by atoms with van der Waals surface area (Å²) in [5, 5.41) is 5.54. The Morgan fingerprint density at radius 3 is 2.45 bits per heavy atom. The molecule has 9 nitrogen and oxygen atoms in total. The number of rotatable bonds is 9. The molecular formula is C22H27N3O6. The first-order chi connectivity index (χ1) is 15.0. The second-order valence-corrected chi connectivity index (χ2v) is 6.89. The van der Waals surface area contributed by atoms with Crippen molar-refractivity contribution in [1.29, 1.82) is 0 Å². The van der Waals surface area contributed by atoms with Gasteiger partial charge in [0.1, 0.15) is 11.9 Å². The highest BCUT2D eigenvalue weighted by molar-refractivity contribution is 5.90. The average molecular weight is 429 g/mol. The molecular weight excluding hydrogens is 402 g/mol. The molecule has 1 fully saturated rings. The van der Waals surface area contributed by atoms with Crippen LogP contribution in [0.15, 0.2) is 42.5 Å². The number of cyclic esters (lactones) is 1. The van der Waals surface area contributed by atoms with Gasteiger partial charge in [-0.25, -0.2) is 9.59 Å². The standard InChI is InChI=1S/C22H27N3O6/c1-28-17-7-4-15(5-8-17)10-11-23-21(26)24-13-18-14-25(22(27)31-18)16-6-9-19(29-2)20(12-16)30-3/h4-9,12,18H,10-11,13-14H2,1-3H3,(H2,23,24,26)/t18-/m0/s1. The summed E-state index contributed by atoms with van der Waals surface area (Å²) in [6.07, 6.45) is -0.227. The van der Waals surface area contributed by atoms with Crippen LogP contribution in [0.2, 0.25) is 0 Å². The van der Waals surface area contributed by atoms with Crippen molar-refractivity contribution in [3.63, 3.8) is 0 Å². The molecule has 3 amide bonds. The monoisotopic (exact) mass is 429 g/mol. The summed E-state index contributed by atoms with van der Waals surface area (Å²) >= 11 is 0. The zero-order valence-corrected chi connectivity index (χ0v) is 17.8. The smallest absolute Gasteiger partial charge is 0.414 e. The molecule has 31 heavy (non-hydrogen) atoms. The van der Waals surface area contributed by atoms with Gasteiger partial charge in [-0.3, -0.25) is 4.90 Å². The lowest BCUT2D eigenvalue weighted by molar-refractivity contribution is 0.140. The van der Waals surface area contributed by atoms with E-state index in [1.165, 1.54) is 12.0 Å². The van der Waals surface area contributed by atoms with E-state index in [9.17, 15) is 9.59 Å². The zero-order valence-electron chi connectivity index (χ0n) is 17.8. The van der Waals surface area contributed by atoms with Crippen molar-refractivity contribution in [3.05, 3.63) is 48.0 Å². The van der Waals surface area contributed by atoms with Gasteiger partial charge < -0.3 is 29.6 Å². The molecule has 1 aliphatic heterocycles. The number of nitrogens with one attached hydrogen (secondary N) is 2. The van der Waals surface area contributed by atoms with Crippen LogP contribution < -0.4 is 29.7 Å². The normalized spacial score (nSPS) is 15.3. The number of carbonyl (C=O) groups excluding carboxylic acids is 2. The molecule has 1 aliphatic rings. The molecule has 3 rings (SSSR count). The van der Waals surface area contributed by atoms with Gasteiger partial charge in [0.25, 0.3) is 0 Å². The van der Waals surface area contributed by atoms with Crippen LogP contribution in [0.3, 0.4) is 0 Å². The fourth-order valence-electron chi connectivity index (χ4n) is 3.21. The Morgan fingerprint density at radius 2 is 1.77 bits per heavy atom. The van der Waals surface area contributed by atoms with Crippen LogP contribution in [0.1, 0.15) is 5.56 Å². The maximum atomic E-state index is 12.3. The van der Waals surface area contributed by atoms with Gasteiger partial charge in [-0.05, 0) is 36.2 Å². The number of nitrogens with zero attached hydrogens (tertiary/aromatic N) is 1. The molecule has 0 radical (unpaired) electrons. The van der Waals surface area contributed by atoms with Crippen LogP contribution in [-0.2, 0) is 11.2 Å². The Kier molecular flexibility index (Phi) is 7.42. The molecule has 0 aromatic heterocycles. The molecule has 0 spiro atoms. The number of urea groups is 1. The first-order valence-electron chi connectivity index (χ1n) is 9.89. The maximum Gasteiger partial charge on any atom is 0.414 e. The molecule has 1 heterocycles. The van der Waals surface area contributed by atoms with E-state index in [-0.39, 0.29) is 12.6 Å². The minimum Gasteiger partial charge on any atom is -0.497 e. The highest BCUT2D eigenvalue weighted by atomic mass is 16.6. The van der Waals surface area contributed by atoms with Gasteiger partial charge in [-0.2, -0.15) is 0 Å². The largest absolute Gasteiger partial charge is 0.497 e. The third-order valence-electron chi connectivity index (χ3n) is 4.90. The van der Waals surface area contributed by atoms with E-state index in [1.54, 1.807) is 32.4 Å². The van der Waals surface area contributed by atoms with E-state index in [1.807, 2.05) is 24.3 Å². The first kappa shape index (κ1) is 22.1. The molecule has 2 aromatic carbocycles. The van der Waals surface area contributed by atoms with E-state index in [2.05, 4.69) is 10.6 Å². The zero-order chi connectivity index (χ0) is 22.2.